The van der Waals surface area contributed by atoms with Crippen LogP contribution in [0.3, 0.4) is 0 Å². The summed E-state index contributed by atoms with van der Waals surface area (Å²) >= 11 is 0. The molecule has 9 nitrogen and oxygen atoms in total. The van der Waals surface area contributed by atoms with E-state index in [4.69, 9.17) is 13.6 Å². The molecule has 4 rings (SSSR count). The average molecular weight is 492 g/mol. The Balaban J connectivity index is 1.41. The lowest BCUT2D eigenvalue weighted by atomic mass is 10.3. The van der Waals surface area contributed by atoms with Crippen LogP contribution in [-0.2, 0) is 20.2 Å². The number of aryl methyl sites for hydroxylation is 1. The Morgan fingerprint density at radius 1 is 1.06 bits per heavy atom. The van der Waals surface area contributed by atoms with Crippen molar-refractivity contribution in [2.75, 3.05) is 5.32 Å². The molecule has 0 aliphatic rings. The number of nitrogens with zero attached hydrogens (tertiary/aromatic N) is 2. The first-order valence-corrected chi connectivity index (χ1v) is 9.93. The second-order valence-corrected chi connectivity index (χ2v) is 7.10. The molecule has 0 fully saturated rings. The first kappa shape index (κ1) is 23.6. The number of carbonyl (C=O) groups excluding carboxylic acids is 2. The van der Waals surface area contributed by atoms with E-state index in [2.05, 4.69) is 15.7 Å². The lowest BCUT2D eigenvalue weighted by Crippen LogP contribution is -2.26. The quantitative estimate of drug-likeness (QED) is 0.285. The van der Waals surface area contributed by atoms with Crippen LogP contribution in [0.2, 0.25) is 0 Å². The van der Waals surface area contributed by atoms with Crippen LogP contribution < -0.4 is 15.4 Å². The maximum absolute atomic E-state index is 13.7. The highest BCUT2D eigenvalue weighted by molar-refractivity contribution is 6.07. The van der Waals surface area contributed by atoms with Gasteiger partial charge in [-0.15, -0.1) is 0 Å². The zero-order valence-corrected chi connectivity index (χ0v) is 17.9. The van der Waals surface area contributed by atoms with Crippen LogP contribution in [0.1, 0.15) is 32.6 Å². The number of hydrogen-bond donors (Lipinski definition) is 2. The van der Waals surface area contributed by atoms with Gasteiger partial charge in [0.25, 0.3) is 11.8 Å². The minimum absolute atomic E-state index is 0.0524. The number of furan rings is 2. The van der Waals surface area contributed by atoms with Crippen LogP contribution in [0.5, 0.6) is 5.75 Å². The van der Waals surface area contributed by atoms with Crippen molar-refractivity contribution >= 4 is 17.5 Å². The van der Waals surface area contributed by atoms with Crippen LogP contribution in [-0.4, -0.2) is 21.6 Å². The zero-order chi connectivity index (χ0) is 25.1. The van der Waals surface area contributed by atoms with Crippen molar-refractivity contribution in [3.63, 3.8) is 0 Å². The van der Waals surface area contributed by atoms with Gasteiger partial charge in [-0.1, -0.05) is 0 Å². The molecule has 3 heterocycles. The van der Waals surface area contributed by atoms with E-state index in [0.717, 1.165) is 0 Å². The SMILES string of the molecule is Cn1ncc(NC(=O)c2ccc(COc3c(F)c(F)cc(F)c3F)o2)c1C(=O)NCc1ccco1. The maximum Gasteiger partial charge on any atom is 0.291 e. The molecule has 0 spiro atoms. The largest absolute Gasteiger partial charge is 0.479 e. The monoisotopic (exact) mass is 492 g/mol. The van der Waals surface area contributed by atoms with E-state index in [1.165, 1.54) is 36.3 Å². The summed E-state index contributed by atoms with van der Waals surface area (Å²) in [5.74, 6) is -9.00. The number of rotatable bonds is 8. The minimum Gasteiger partial charge on any atom is -0.479 e. The number of carbonyl (C=O) groups is 2. The van der Waals surface area contributed by atoms with Crippen molar-refractivity contribution in [1.82, 2.24) is 15.1 Å². The Morgan fingerprint density at radius 3 is 2.49 bits per heavy atom. The van der Waals surface area contributed by atoms with Gasteiger partial charge in [-0.05, 0) is 24.3 Å². The number of halogens is 4. The predicted octanol–water partition coefficient (Wildman–Crippen LogP) is 3.92. The second-order valence-electron chi connectivity index (χ2n) is 7.10. The van der Waals surface area contributed by atoms with E-state index in [0.29, 0.717) is 5.76 Å². The van der Waals surface area contributed by atoms with E-state index in [-0.39, 0.29) is 35.5 Å². The average Bonchev–Trinajstić information content (AvgIpc) is 3.58. The number of aromatic nitrogens is 2. The lowest BCUT2D eigenvalue weighted by molar-refractivity contribution is 0.0939. The highest BCUT2D eigenvalue weighted by atomic mass is 19.2. The summed E-state index contributed by atoms with van der Waals surface area (Å²) in [4.78, 5) is 25.1. The second kappa shape index (κ2) is 9.75. The molecular weight excluding hydrogens is 476 g/mol. The molecule has 2 N–H and O–H groups in total. The normalized spacial score (nSPS) is 10.9. The number of ether oxygens (including phenoxy) is 1. The van der Waals surface area contributed by atoms with Crippen LogP contribution in [0.15, 0.2) is 51.6 Å². The number of hydrogen-bond acceptors (Lipinski definition) is 6. The molecule has 0 radical (unpaired) electrons. The number of nitrogens with one attached hydrogen (secondary N) is 2. The number of anilines is 1. The van der Waals surface area contributed by atoms with Crippen molar-refractivity contribution in [2.45, 2.75) is 13.2 Å². The highest BCUT2D eigenvalue weighted by Gasteiger charge is 2.23. The van der Waals surface area contributed by atoms with Gasteiger partial charge in [0.05, 0.1) is 24.7 Å². The van der Waals surface area contributed by atoms with E-state index in [9.17, 15) is 27.2 Å². The zero-order valence-electron chi connectivity index (χ0n) is 17.9. The first-order chi connectivity index (χ1) is 16.7. The fourth-order valence-electron chi connectivity index (χ4n) is 3.05. The Hall–Kier alpha value is -4.55. The van der Waals surface area contributed by atoms with Gasteiger partial charge in [0.2, 0.25) is 11.6 Å². The van der Waals surface area contributed by atoms with Crippen LogP contribution in [0, 0.1) is 23.3 Å². The van der Waals surface area contributed by atoms with Gasteiger partial charge in [-0.3, -0.25) is 14.3 Å². The summed E-state index contributed by atoms with van der Waals surface area (Å²) in [6.45, 7) is -0.514. The van der Waals surface area contributed by atoms with Crippen molar-refractivity contribution in [2.24, 2.45) is 7.05 Å². The summed E-state index contributed by atoms with van der Waals surface area (Å²) in [6, 6.07) is 5.90. The van der Waals surface area contributed by atoms with Gasteiger partial charge in [-0.25, -0.2) is 8.78 Å². The summed E-state index contributed by atoms with van der Waals surface area (Å²) in [6.07, 6.45) is 2.72. The van der Waals surface area contributed by atoms with Gasteiger partial charge >= 0.3 is 0 Å². The number of amides is 2. The summed E-state index contributed by atoms with van der Waals surface area (Å²) in [5, 5.41) is 9.08. The third kappa shape index (κ3) is 5.03. The third-order valence-corrected chi connectivity index (χ3v) is 4.72. The fraction of sp³-hybridized carbons (Fsp3) is 0.136. The fourth-order valence-corrected chi connectivity index (χ4v) is 3.05. The highest BCUT2D eigenvalue weighted by Crippen LogP contribution is 2.27. The molecule has 2 amide bonds. The molecule has 0 atom stereocenters. The van der Waals surface area contributed by atoms with Crippen molar-refractivity contribution in [1.29, 1.82) is 0 Å². The summed E-state index contributed by atoms with van der Waals surface area (Å²) in [7, 11) is 1.51. The van der Waals surface area contributed by atoms with E-state index < -0.39 is 47.4 Å². The molecule has 0 saturated heterocycles. The molecule has 35 heavy (non-hydrogen) atoms. The Morgan fingerprint density at radius 2 is 1.80 bits per heavy atom. The van der Waals surface area contributed by atoms with Crippen LogP contribution >= 0.6 is 0 Å². The van der Waals surface area contributed by atoms with Gasteiger partial charge in [0.1, 0.15) is 23.8 Å². The van der Waals surface area contributed by atoms with E-state index >= 15 is 0 Å². The molecule has 0 bridgehead atoms. The first-order valence-electron chi connectivity index (χ1n) is 9.93. The summed E-state index contributed by atoms with van der Waals surface area (Å²) in [5.41, 5.74) is 0.141. The molecule has 182 valence electrons. The topological polar surface area (TPSA) is 112 Å². The molecular formula is C22H16F4N4O5. The lowest BCUT2D eigenvalue weighted by Gasteiger charge is -2.08. The summed E-state index contributed by atoms with van der Waals surface area (Å²) < 4.78 is 70.5. The smallest absolute Gasteiger partial charge is 0.291 e. The standard InChI is InChI=1S/C22H16F4N4O5/c1-30-19(22(32)27-8-11-3-2-6-33-11)15(9-28-30)29-21(31)16-5-4-12(35-16)10-34-20-17(25)13(23)7-14(24)18(20)26/h2-7,9H,8,10H2,1H3,(H,27,32)(H,29,31). The van der Waals surface area contributed by atoms with E-state index in [1.807, 2.05) is 0 Å². The molecule has 0 aliphatic carbocycles. The third-order valence-electron chi connectivity index (χ3n) is 4.72. The molecule has 4 aromatic rings. The predicted molar refractivity (Wildman–Crippen MR) is 110 cm³/mol. The molecule has 0 aliphatic heterocycles. The molecule has 1 aromatic carbocycles. The minimum atomic E-state index is -1.71. The molecule has 3 aromatic heterocycles. The maximum atomic E-state index is 13.7. The van der Waals surface area contributed by atoms with Crippen LogP contribution in [0.25, 0.3) is 0 Å². The van der Waals surface area contributed by atoms with Crippen molar-refractivity contribution in [3.8, 4) is 5.75 Å². The van der Waals surface area contributed by atoms with Crippen molar-refractivity contribution in [3.05, 3.63) is 89.0 Å². The molecule has 13 heteroatoms. The number of benzene rings is 1. The van der Waals surface area contributed by atoms with Crippen molar-refractivity contribution < 1.29 is 40.7 Å². The van der Waals surface area contributed by atoms with Gasteiger partial charge < -0.3 is 24.2 Å². The molecule has 0 unspecified atom stereocenters. The van der Waals surface area contributed by atoms with Gasteiger partial charge in [0, 0.05) is 13.1 Å². The Labute approximate surface area is 194 Å². The van der Waals surface area contributed by atoms with Crippen LogP contribution in [0.4, 0.5) is 23.2 Å². The van der Waals surface area contributed by atoms with E-state index in [1.54, 1.807) is 12.1 Å². The molecule has 0 saturated carbocycles. The Bertz CT molecular complexity index is 1350. The van der Waals surface area contributed by atoms with Gasteiger partial charge in [-0.2, -0.15) is 13.9 Å². The van der Waals surface area contributed by atoms with Gasteiger partial charge in [0.15, 0.2) is 23.1 Å². The Kier molecular flexibility index (Phi) is 6.57.